The van der Waals surface area contributed by atoms with Crippen LogP contribution in [0.1, 0.15) is 25.1 Å². The number of pyridine rings is 1. The third-order valence-corrected chi connectivity index (χ3v) is 5.69. The average molecular weight is 498 g/mol. The Kier molecular flexibility index (Phi) is 7.64. The summed E-state index contributed by atoms with van der Waals surface area (Å²) >= 11 is 0. The molecule has 0 aliphatic carbocycles. The molecule has 0 N–H and O–H groups in total. The first-order chi connectivity index (χ1) is 17.3. The molecule has 8 nitrogen and oxygen atoms in total. The third kappa shape index (κ3) is 5.23. The first-order valence-electron chi connectivity index (χ1n) is 11.5. The monoisotopic (exact) mass is 497 g/mol. The molecule has 190 valence electrons. The van der Waals surface area contributed by atoms with E-state index in [4.69, 9.17) is 19.2 Å². The predicted octanol–water partition coefficient (Wildman–Crippen LogP) is 5.02. The van der Waals surface area contributed by atoms with Gasteiger partial charge in [-0.2, -0.15) is 5.10 Å². The summed E-state index contributed by atoms with van der Waals surface area (Å²) in [4.78, 5) is 10.8. The van der Waals surface area contributed by atoms with Gasteiger partial charge in [0.15, 0.2) is 23.1 Å². The molecule has 1 aromatic carbocycles. The van der Waals surface area contributed by atoms with Crippen molar-refractivity contribution >= 4 is 29.0 Å². The number of rotatable bonds is 9. The fourth-order valence-corrected chi connectivity index (χ4v) is 3.89. The van der Waals surface area contributed by atoms with E-state index >= 15 is 8.78 Å². The van der Waals surface area contributed by atoms with Gasteiger partial charge in [0.05, 0.1) is 44.5 Å². The summed E-state index contributed by atoms with van der Waals surface area (Å²) in [5.41, 5.74) is 2.88. The highest BCUT2D eigenvalue weighted by atomic mass is 19.1. The number of hydrogen-bond acceptors (Lipinski definition) is 7. The maximum atomic E-state index is 15.4. The van der Waals surface area contributed by atoms with Crippen molar-refractivity contribution < 1.29 is 23.0 Å². The second kappa shape index (κ2) is 10.9. The van der Waals surface area contributed by atoms with Crippen LogP contribution in [0.3, 0.4) is 0 Å². The van der Waals surface area contributed by atoms with E-state index in [2.05, 4.69) is 10.1 Å². The zero-order valence-corrected chi connectivity index (χ0v) is 21.0. The Morgan fingerprint density at radius 3 is 2.44 bits per heavy atom. The van der Waals surface area contributed by atoms with E-state index in [0.29, 0.717) is 23.6 Å². The van der Waals surface area contributed by atoms with Crippen LogP contribution in [0, 0.1) is 11.6 Å². The number of methoxy groups -OCH3 is 2. The molecule has 36 heavy (non-hydrogen) atoms. The molecule has 2 aromatic heterocycles. The average Bonchev–Trinajstić information content (AvgIpc) is 3.18. The molecule has 0 amide bonds. The molecule has 3 aromatic rings. The molecule has 0 saturated carbocycles. The van der Waals surface area contributed by atoms with Crippen LogP contribution in [0.2, 0.25) is 0 Å². The van der Waals surface area contributed by atoms with Gasteiger partial charge in [0, 0.05) is 44.1 Å². The normalized spacial score (nSPS) is 12.8. The largest absolute Gasteiger partial charge is 0.493 e. The number of fused-ring (bicyclic) bond motifs is 1. The van der Waals surface area contributed by atoms with E-state index in [-0.39, 0.29) is 36.4 Å². The predicted molar refractivity (Wildman–Crippen MR) is 135 cm³/mol. The molecule has 0 bridgehead atoms. The Morgan fingerprint density at radius 1 is 1.11 bits per heavy atom. The first kappa shape index (κ1) is 25.3. The van der Waals surface area contributed by atoms with Gasteiger partial charge in [0.25, 0.3) is 0 Å². The zero-order chi connectivity index (χ0) is 25.8. The summed E-state index contributed by atoms with van der Waals surface area (Å²) in [5.74, 6) is -1.63. The fourth-order valence-electron chi connectivity index (χ4n) is 3.89. The number of benzene rings is 1. The summed E-state index contributed by atoms with van der Waals surface area (Å²) in [6.07, 6.45) is 7.88. The molecular weight excluding hydrogens is 468 g/mol. The number of anilines is 2. The quantitative estimate of drug-likeness (QED) is 0.414. The number of nitrogens with zero attached hydrogens (tertiary/aromatic N) is 5. The van der Waals surface area contributed by atoms with Gasteiger partial charge in [-0.3, -0.25) is 9.67 Å². The van der Waals surface area contributed by atoms with Gasteiger partial charge >= 0.3 is 0 Å². The van der Waals surface area contributed by atoms with Crippen molar-refractivity contribution in [3.63, 3.8) is 0 Å². The van der Waals surface area contributed by atoms with Crippen LogP contribution < -0.4 is 14.4 Å². The lowest BCUT2D eigenvalue weighted by atomic mass is 10.1. The lowest BCUT2D eigenvalue weighted by Crippen LogP contribution is -2.27. The number of aryl methyl sites for hydroxylation is 1. The van der Waals surface area contributed by atoms with Crippen molar-refractivity contribution in [2.45, 2.75) is 26.4 Å². The van der Waals surface area contributed by atoms with Crippen molar-refractivity contribution in [3.05, 3.63) is 59.6 Å². The Labute approximate surface area is 208 Å². The van der Waals surface area contributed by atoms with Crippen LogP contribution in [-0.2, 0) is 18.2 Å². The first-order valence-corrected chi connectivity index (χ1v) is 11.5. The molecule has 1 aliphatic heterocycles. The van der Waals surface area contributed by atoms with Crippen LogP contribution in [0.15, 0.2) is 41.7 Å². The zero-order valence-electron chi connectivity index (χ0n) is 21.0. The number of allylic oxidation sites excluding steroid dienone is 2. The smallest absolute Gasteiger partial charge is 0.191 e. The van der Waals surface area contributed by atoms with E-state index in [1.807, 2.05) is 33.2 Å². The second-order valence-electron chi connectivity index (χ2n) is 8.49. The molecule has 0 saturated heterocycles. The van der Waals surface area contributed by atoms with Crippen molar-refractivity contribution in [2.24, 2.45) is 12.0 Å². The molecule has 10 heteroatoms. The lowest BCUT2D eigenvalue weighted by Gasteiger charge is -2.27. The number of halogens is 2. The van der Waals surface area contributed by atoms with E-state index in [1.54, 1.807) is 29.2 Å². The number of aromatic nitrogens is 3. The SMILES string of the molecule is COc1cc(OC)c(F)c(N(CCOC(C)C)c2ccc3c(n2)CC=C(c2cnn(C)c2)C=N3)c1F. The lowest BCUT2D eigenvalue weighted by molar-refractivity contribution is 0.0849. The molecule has 3 heterocycles. The van der Waals surface area contributed by atoms with Crippen LogP contribution >= 0.6 is 0 Å². The van der Waals surface area contributed by atoms with E-state index < -0.39 is 11.6 Å². The van der Waals surface area contributed by atoms with Gasteiger partial charge in [-0.05, 0) is 31.6 Å². The second-order valence-corrected chi connectivity index (χ2v) is 8.49. The number of hydrogen-bond donors (Lipinski definition) is 0. The third-order valence-electron chi connectivity index (χ3n) is 5.69. The van der Waals surface area contributed by atoms with Crippen molar-refractivity contribution in [1.82, 2.24) is 14.8 Å². The van der Waals surface area contributed by atoms with Crippen molar-refractivity contribution in [1.29, 1.82) is 0 Å². The highest BCUT2D eigenvalue weighted by Crippen LogP contribution is 2.40. The summed E-state index contributed by atoms with van der Waals surface area (Å²) in [7, 11) is 4.48. The minimum Gasteiger partial charge on any atom is -0.493 e. The molecule has 0 unspecified atom stereocenters. The van der Waals surface area contributed by atoms with E-state index in [0.717, 1.165) is 11.1 Å². The highest BCUT2D eigenvalue weighted by Gasteiger charge is 2.27. The maximum Gasteiger partial charge on any atom is 0.191 e. The summed E-state index contributed by atoms with van der Waals surface area (Å²) < 4.78 is 48.6. The van der Waals surface area contributed by atoms with Crippen molar-refractivity contribution in [2.75, 3.05) is 32.3 Å². The molecule has 0 fully saturated rings. The van der Waals surface area contributed by atoms with E-state index in [1.165, 1.54) is 25.2 Å². The Morgan fingerprint density at radius 2 is 1.83 bits per heavy atom. The number of ether oxygens (including phenoxy) is 3. The van der Waals surface area contributed by atoms with Gasteiger partial charge < -0.3 is 19.1 Å². The molecule has 1 aliphatic rings. The molecule has 0 atom stereocenters. The van der Waals surface area contributed by atoms with Crippen molar-refractivity contribution in [3.8, 4) is 11.5 Å². The molecular formula is C26H29F2N5O3. The van der Waals surface area contributed by atoms with Crippen LogP contribution in [0.4, 0.5) is 26.0 Å². The van der Waals surface area contributed by atoms with Crippen LogP contribution in [0.5, 0.6) is 11.5 Å². The Hall–Kier alpha value is -3.79. The minimum atomic E-state index is -0.853. The summed E-state index contributed by atoms with van der Waals surface area (Å²) in [6, 6.07) is 4.66. The fraction of sp³-hybridized carbons (Fsp3) is 0.346. The van der Waals surface area contributed by atoms with E-state index in [9.17, 15) is 0 Å². The van der Waals surface area contributed by atoms with Gasteiger partial charge in [0.2, 0.25) is 0 Å². The maximum absolute atomic E-state index is 15.4. The Balaban J connectivity index is 1.76. The summed E-state index contributed by atoms with van der Waals surface area (Å²) in [5, 5.41) is 4.22. The van der Waals surface area contributed by atoms with Gasteiger partial charge in [-0.1, -0.05) is 6.08 Å². The summed E-state index contributed by atoms with van der Waals surface area (Å²) in [6.45, 7) is 4.15. The molecule has 4 rings (SSSR count). The van der Waals surface area contributed by atoms with Gasteiger partial charge in [-0.15, -0.1) is 0 Å². The van der Waals surface area contributed by atoms with Crippen LogP contribution in [-0.4, -0.2) is 54.5 Å². The Bertz CT molecular complexity index is 1270. The molecule has 0 radical (unpaired) electrons. The van der Waals surface area contributed by atoms with Gasteiger partial charge in [-0.25, -0.2) is 13.8 Å². The topological polar surface area (TPSA) is 74.0 Å². The number of aliphatic imine (C=N–C) groups is 1. The standard InChI is InChI=1S/C26H29F2N5O3/c1-16(2)36-11-10-33(26-24(27)21(34-4)12-22(35-5)25(26)28)23-9-8-19-20(31-23)7-6-17(13-29-19)18-14-30-32(3)15-18/h6,8-9,12-16H,7,10-11H2,1-5H3. The molecule has 0 spiro atoms. The van der Waals surface area contributed by atoms with Crippen LogP contribution in [0.25, 0.3) is 5.57 Å². The minimum absolute atomic E-state index is 0.0493. The highest BCUT2D eigenvalue weighted by molar-refractivity contribution is 6.11. The van der Waals surface area contributed by atoms with Gasteiger partial charge in [0.1, 0.15) is 11.5 Å².